The Morgan fingerprint density at radius 3 is 2.73 bits per heavy atom. The second-order valence-corrected chi connectivity index (χ2v) is 8.79. The minimum Gasteiger partial charge on any atom is -0.258 e. The molecule has 1 aromatic heterocycles. The zero-order chi connectivity index (χ0) is 18.9. The summed E-state index contributed by atoms with van der Waals surface area (Å²) in [7, 11) is -3.80. The van der Waals surface area contributed by atoms with E-state index in [1.807, 2.05) is 0 Å². The number of nitrogens with one attached hydrogen (secondary N) is 1. The van der Waals surface area contributed by atoms with Crippen LogP contribution in [0.25, 0.3) is 11.3 Å². The third kappa shape index (κ3) is 3.92. The van der Waals surface area contributed by atoms with Crippen LogP contribution in [0.4, 0.5) is 10.8 Å². The average molecular weight is 454 g/mol. The Bertz CT molecular complexity index is 1100. The first-order valence-electron chi connectivity index (χ1n) is 7.25. The fourth-order valence-electron chi connectivity index (χ4n) is 2.27. The molecule has 0 radical (unpaired) electrons. The van der Waals surface area contributed by atoms with Gasteiger partial charge in [0.05, 0.1) is 15.5 Å². The minimum absolute atomic E-state index is 0.0533. The number of thiazole rings is 1. The molecule has 0 amide bonds. The number of halogens is 1. The van der Waals surface area contributed by atoms with Crippen LogP contribution in [0, 0.1) is 17.0 Å². The molecule has 0 aliphatic rings. The molecular formula is C16H12BrN3O4S2. The van der Waals surface area contributed by atoms with Gasteiger partial charge in [0.1, 0.15) is 0 Å². The van der Waals surface area contributed by atoms with Crippen LogP contribution in [-0.4, -0.2) is 18.3 Å². The van der Waals surface area contributed by atoms with Crippen LogP contribution in [0.15, 0.2) is 57.2 Å². The molecular weight excluding hydrogens is 442 g/mol. The zero-order valence-electron chi connectivity index (χ0n) is 13.3. The third-order valence-electron chi connectivity index (χ3n) is 3.52. The number of benzene rings is 2. The highest BCUT2D eigenvalue weighted by molar-refractivity contribution is 9.10. The Hall–Kier alpha value is -2.30. The van der Waals surface area contributed by atoms with Crippen LogP contribution in [0.3, 0.4) is 0 Å². The second kappa shape index (κ2) is 7.14. The summed E-state index contributed by atoms with van der Waals surface area (Å²) in [5.41, 5.74) is 1.56. The molecule has 1 heterocycles. The summed E-state index contributed by atoms with van der Waals surface area (Å²) in [5.74, 6) is 0. The van der Waals surface area contributed by atoms with E-state index in [0.717, 1.165) is 11.3 Å². The molecule has 10 heteroatoms. The Kier molecular flexibility index (Phi) is 5.08. The van der Waals surface area contributed by atoms with Gasteiger partial charge >= 0.3 is 0 Å². The first-order valence-corrected chi connectivity index (χ1v) is 10.4. The van der Waals surface area contributed by atoms with Crippen molar-refractivity contribution in [2.75, 3.05) is 4.72 Å². The number of non-ortho nitro benzene ring substituents is 1. The summed E-state index contributed by atoms with van der Waals surface area (Å²) in [4.78, 5) is 14.8. The molecule has 0 saturated heterocycles. The van der Waals surface area contributed by atoms with Gasteiger partial charge in [-0.15, -0.1) is 11.3 Å². The first-order chi connectivity index (χ1) is 12.3. The number of aryl methyl sites for hydroxylation is 1. The predicted molar refractivity (Wildman–Crippen MR) is 104 cm³/mol. The first kappa shape index (κ1) is 18.5. The number of aromatic nitrogens is 1. The summed E-state index contributed by atoms with van der Waals surface area (Å²) in [6, 6.07) is 11.0. The fourth-order valence-corrected chi connectivity index (χ4v) is 5.02. The Morgan fingerprint density at radius 2 is 2.00 bits per heavy atom. The lowest BCUT2D eigenvalue weighted by Gasteiger charge is -2.08. The van der Waals surface area contributed by atoms with Crippen LogP contribution in [0.1, 0.15) is 5.56 Å². The van der Waals surface area contributed by atoms with Crippen molar-refractivity contribution in [3.63, 3.8) is 0 Å². The third-order valence-corrected chi connectivity index (χ3v) is 6.38. The minimum atomic E-state index is -3.80. The van der Waals surface area contributed by atoms with E-state index in [4.69, 9.17) is 0 Å². The van der Waals surface area contributed by atoms with Crippen LogP contribution in [0.2, 0.25) is 0 Å². The lowest BCUT2D eigenvalue weighted by molar-refractivity contribution is -0.384. The normalized spacial score (nSPS) is 11.3. The number of anilines is 1. The van der Waals surface area contributed by atoms with Gasteiger partial charge in [-0.3, -0.25) is 14.8 Å². The highest BCUT2D eigenvalue weighted by atomic mass is 79.9. The molecule has 0 bridgehead atoms. The molecule has 0 aliphatic carbocycles. The van der Waals surface area contributed by atoms with Crippen LogP contribution in [0.5, 0.6) is 0 Å². The second-order valence-electron chi connectivity index (χ2n) is 5.36. The number of sulfonamides is 1. The maximum atomic E-state index is 12.6. The largest absolute Gasteiger partial charge is 0.270 e. The summed E-state index contributed by atoms with van der Waals surface area (Å²) < 4.78 is 28.3. The molecule has 3 aromatic rings. The van der Waals surface area contributed by atoms with Crippen molar-refractivity contribution < 1.29 is 13.3 Å². The van der Waals surface area contributed by atoms with E-state index in [1.54, 1.807) is 36.6 Å². The SMILES string of the molecule is Cc1ccc(Br)cc1S(=O)(=O)Nc1nc(-c2cccc([N+](=O)[O-])c2)cs1. The molecule has 2 aromatic carbocycles. The Labute approximate surface area is 162 Å². The molecule has 0 spiro atoms. The Morgan fingerprint density at radius 1 is 1.23 bits per heavy atom. The van der Waals surface area contributed by atoms with Crippen molar-refractivity contribution in [2.24, 2.45) is 0 Å². The van der Waals surface area contributed by atoms with Gasteiger partial charge in [-0.2, -0.15) is 0 Å². The van der Waals surface area contributed by atoms with E-state index in [2.05, 4.69) is 25.6 Å². The van der Waals surface area contributed by atoms with E-state index in [0.29, 0.717) is 21.3 Å². The smallest absolute Gasteiger partial charge is 0.258 e. The lowest BCUT2D eigenvalue weighted by Crippen LogP contribution is -2.14. The molecule has 134 valence electrons. The quantitative estimate of drug-likeness (QED) is 0.449. The van der Waals surface area contributed by atoms with Gasteiger partial charge in [0.2, 0.25) is 0 Å². The molecule has 0 fully saturated rings. The number of nitro benzene ring substituents is 1. The van der Waals surface area contributed by atoms with Gasteiger partial charge in [-0.25, -0.2) is 13.4 Å². The van der Waals surface area contributed by atoms with E-state index < -0.39 is 14.9 Å². The van der Waals surface area contributed by atoms with E-state index in [9.17, 15) is 18.5 Å². The monoisotopic (exact) mass is 453 g/mol. The van der Waals surface area contributed by atoms with E-state index in [1.165, 1.54) is 18.2 Å². The standard InChI is InChI=1S/C16H12BrN3O4S2/c1-10-5-6-12(17)8-15(10)26(23,24)19-16-18-14(9-25-16)11-3-2-4-13(7-11)20(21)22/h2-9H,1H3,(H,18,19). The number of nitro groups is 1. The predicted octanol–water partition coefficient (Wildman–Crippen LogP) is 4.59. The fraction of sp³-hybridized carbons (Fsp3) is 0.0625. The molecule has 7 nitrogen and oxygen atoms in total. The van der Waals surface area contributed by atoms with Crippen LogP contribution < -0.4 is 4.72 Å². The van der Waals surface area contributed by atoms with Gasteiger partial charge in [0, 0.05) is 27.5 Å². The molecule has 0 aliphatic heterocycles. The van der Waals surface area contributed by atoms with Crippen molar-refractivity contribution >= 4 is 48.1 Å². The van der Waals surface area contributed by atoms with Crippen molar-refractivity contribution in [1.82, 2.24) is 4.98 Å². The molecule has 26 heavy (non-hydrogen) atoms. The lowest BCUT2D eigenvalue weighted by atomic mass is 10.1. The van der Waals surface area contributed by atoms with Gasteiger partial charge in [0.15, 0.2) is 5.13 Å². The topological polar surface area (TPSA) is 102 Å². The number of rotatable bonds is 5. The van der Waals surface area contributed by atoms with Gasteiger partial charge in [-0.05, 0) is 24.6 Å². The van der Waals surface area contributed by atoms with Crippen molar-refractivity contribution in [1.29, 1.82) is 0 Å². The number of nitrogens with zero attached hydrogens (tertiary/aromatic N) is 2. The van der Waals surface area contributed by atoms with Crippen LogP contribution >= 0.6 is 27.3 Å². The van der Waals surface area contributed by atoms with Gasteiger partial charge < -0.3 is 0 Å². The van der Waals surface area contributed by atoms with Crippen LogP contribution in [-0.2, 0) is 10.0 Å². The van der Waals surface area contributed by atoms with Gasteiger partial charge in [-0.1, -0.05) is 34.1 Å². The summed E-state index contributed by atoms with van der Waals surface area (Å²) >= 11 is 4.37. The molecule has 0 atom stereocenters. The average Bonchev–Trinajstić information content (AvgIpc) is 3.05. The maximum absolute atomic E-state index is 12.6. The summed E-state index contributed by atoms with van der Waals surface area (Å²) in [6.45, 7) is 1.71. The highest BCUT2D eigenvalue weighted by Crippen LogP contribution is 2.29. The van der Waals surface area contributed by atoms with E-state index >= 15 is 0 Å². The van der Waals surface area contributed by atoms with Crippen molar-refractivity contribution in [2.45, 2.75) is 11.8 Å². The number of hydrogen-bond donors (Lipinski definition) is 1. The molecule has 3 rings (SSSR count). The summed E-state index contributed by atoms with van der Waals surface area (Å²) in [6.07, 6.45) is 0. The van der Waals surface area contributed by atoms with E-state index in [-0.39, 0.29) is 15.7 Å². The highest BCUT2D eigenvalue weighted by Gasteiger charge is 2.19. The molecule has 0 saturated carbocycles. The maximum Gasteiger partial charge on any atom is 0.270 e. The zero-order valence-corrected chi connectivity index (χ0v) is 16.6. The van der Waals surface area contributed by atoms with Crippen molar-refractivity contribution in [3.8, 4) is 11.3 Å². The molecule has 1 N–H and O–H groups in total. The number of hydrogen-bond acceptors (Lipinski definition) is 6. The Balaban J connectivity index is 1.90. The molecule has 0 unspecified atom stereocenters. The van der Waals surface area contributed by atoms with Gasteiger partial charge in [0.25, 0.3) is 15.7 Å². The van der Waals surface area contributed by atoms with Crippen molar-refractivity contribution in [3.05, 3.63) is 68.0 Å². The summed E-state index contributed by atoms with van der Waals surface area (Å²) in [5, 5.41) is 12.7.